The molecule has 4 heteroatoms. The first kappa shape index (κ1) is 53.6. The number of hydrogen-bond donors (Lipinski definition) is 3. The lowest BCUT2D eigenvalue weighted by Crippen LogP contribution is -2.45. The fourth-order valence-electron chi connectivity index (χ4n) is 7.54. The zero-order chi connectivity index (χ0) is 40.0. The van der Waals surface area contributed by atoms with Gasteiger partial charge < -0.3 is 15.5 Å². The average molecular weight is 772 g/mol. The molecule has 0 saturated carbocycles. The van der Waals surface area contributed by atoms with Crippen molar-refractivity contribution in [2.45, 2.75) is 276 Å². The van der Waals surface area contributed by atoms with E-state index in [9.17, 15) is 15.0 Å². The number of allylic oxidation sites excluding steroid dienone is 5. The zero-order valence-corrected chi connectivity index (χ0v) is 37.2. The highest BCUT2D eigenvalue weighted by molar-refractivity contribution is 5.76. The summed E-state index contributed by atoms with van der Waals surface area (Å²) in [5.74, 6) is -0.0724. The minimum absolute atomic E-state index is 0.0724. The lowest BCUT2D eigenvalue weighted by atomic mass is 10.0. The van der Waals surface area contributed by atoms with Gasteiger partial charge >= 0.3 is 0 Å². The minimum Gasteiger partial charge on any atom is -0.394 e. The maximum Gasteiger partial charge on any atom is 0.220 e. The van der Waals surface area contributed by atoms with Crippen LogP contribution in [0, 0.1) is 0 Å². The summed E-state index contributed by atoms with van der Waals surface area (Å²) in [5.41, 5.74) is 0. The van der Waals surface area contributed by atoms with Crippen molar-refractivity contribution < 1.29 is 15.0 Å². The molecule has 2 atom stereocenters. The molecule has 0 heterocycles. The second kappa shape index (κ2) is 47.0. The third-order valence-corrected chi connectivity index (χ3v) is 11.3. The number of hydrogen-bond acceptors (Lipinski definition) is 3. The van der Waals surface area contributed by atoms with E-state index in [1.165, 1.54) is 212 Å². The van der Waals surface area contributed by atoms with E-state index in [-0.39, 0.29) is 12.5 Å². The summed E-state index contributed by atoms with van der Waals surface area (Å²) in [6, 6.07) is -0.636. The molecule has 0 fully saturated rings. The van der Waals surface area contributed by atoms with Crippen molar-refractivity contribution in [2.24, 2.45) is 0 Å². The van der Waals surface area contributed by atoms with Crippen LogP contribution < -0.4 is 5.32 Å². The topological polar surface area (TPSA) is 69.6 Å². The maximum atomic E-state index is 12.4. The molecular weight excluding hydrogens is 675 g/mol. The number of aliphatic hydroxyl groups excluding tert-OH is 2. The van der Waals surface area contributed by atoms with Crippen LogP contribution in [0.5, 0.6) is 0 Å². The molecule has 0 aromatic heterocycles. The van der Waals surface area contributed by atoms with Gasteiger partial charge in [0, 0.05) is 6.42 Å². The van der Waals surface area contributed by atoms with Gasteiger partial charge in [0.1, 0.15) is 0 Å². The molecule has 0 aromatic rings. The van der Waals surface area contributed by atoms with Crippen LogP contribution in [-0.4, -0.2) is 34.9 Å². The highest BCUT2D eigenvalue weighted by Crippen LogP contribution is 2.16. The first-order valence-electron chi connectivity index (χ1n) is 24.7. The molecule has 3 N–H and O–H groups in total. The standard InChI is InChI=1S/C51H97NO3/c1-3-5-7-9-11-13-15-17-18-19-20-21-22-23-24-25-26-27-28-29-30-31-32-33-35-37-39-41-43-45-47-51(55)52-49(48-53)50(54)46-44-42-40-38-36-34-16-14-12-10-8-6-4-2/h23-24,36,38,44,46,49-50,53-54H,3-22,25-35,37,39-43,45,47-48H2,1-2H3,(H,52,55)/b24-23-,38-36+,46-44+. The van der Waals surface area contributed by atoms with Crippen LogP contribution in [0.2, 0.25) is 0 Å². The summed E-state index contributed by atoms with van der Waals surface area (Å²) in [7, 11) is 0. The van der Waals surface area contributed by atoms with Crippen molar-refractivity contribution in [3.63, 3.8) is 0 Å². The van der Waals surface area contributed by atoms with Gasteiger partial charge in [-0.25, -0.2) is 0 Å². The Morgan fingerprint density at radius 3 is 1.05 bits per heavy atom. The van der Waals surface area contributed by atoms with E-state index < -0.39 is 12.1 Å². The first-order chi connectivity index (χ1) is 27.2. The second-order valence-corrected chi connectivity index (χ2v) is 16.9. The molecule has 2 unspecified atom stereocenters. The predicted molar refractivity (Wildman–Crippen MR) is 244 cm³/mol. The zero-order valence-electron chi connectivity index (χ0n) is 37.2. The molecule has 0 radical (unpaired) electrons. The fourth-order valence-corrected chi connectivity index (χ4v) is 7.54. The van der Waals surface area contributed by atoms with Crippen molar-refractivity contribution in [1.82, 2.24) is 5.32 Å². The summed E-state index contributed by atoms with van der Waals surface area (Å²) in [6.07, 6.45) is 62.9. The summed E-state index contributed by atoms with van der Waals surface area (Å²) in [5, 5.41) is 23.0. The van der Waals surface area contributed by atoms with Gasteiger partial charge in [-0.3, -0.25) is 4.79 Å². The molecule has 0 spiro atoms. The number of rotatable bonds is 45. The van der Waals surface area contributed by atoms with E-state index in [1.54, 1.807) is 6.08 Å². The molecule has 0 aliphatic carbocycles. The van der Waals surface area contributed by atoms with Crippen molar-refractivity contribution in [2.75, 3.05) is 6.61 Å². The third kappa shape index (κ3) is 43.6. The van der Waals surface area contributed by atoms with Crippen LogP contribution in [0.25, 0.3) is 0 Å². The summed E-state index contributed by atoms with van der Waals surface area (Å²) in [4.78, 5) is 12.4. The normalized spacial score (nSPS) is 13.2. The molecule has 0 saturated heterocycles. The minimum atomic E-state index is -0.860. The molecule has 0 rings (SSSR count). The van der Waals surface area contributed by atoms with Crippen molar-refractivity contribution in [1.29, 1.82) is 0 Å². The summed E-state index contributed by atoms with van der Waals surface area (Å²) < 4.78 is 0. The Bertz CT molecular complexity index is 836. The van der Waals surface area contributed by atoms with E-state index in [2.05, 4.69) is 43.5 Å². The van der Waals surface area contributed by atoms with Gasteiger partial charge in [0.25, 0.3) is 0 Å². The smallest absolute Gasteiger partial charge is 0.220 e. The summed E-state index contributed by atoms with van der Waals surface area (Å²) >= 11 is 0. The highest BCUT2D eigenvalue weighted by atomic mass is 16.3. The second-order valence-electron chi connectivity index (χ2n) is 16.9. The Morgan fingerprint density at radius 1 is 0.418 bits per heavy atom. The van der Waals surface area contributed by atoms with Gasteiger partial charge in [-0.2, -0.15) is 0 Å². The lowest BCUT2D eigenvalue weighted by molar-refractivity contribution is -0.123. The van der Waals surface area contributed by atoms with Gasteiger partial charge in [0.15, 0.2) is 0 Å². The molecule has 324 valence electrons. The Hall–Kier alpha value is -1.39. The van der Waals surface area contributed by atoms with E-state index in [0.717, 1.165) is 32.1 Å². The first-order valence-corrected chi connectivity index (χ1v) is 24.7. The van der Waals surface area contributed by atoms with E-state index in [4.69, 9.17) is 0 Å². The monoisotopic (exact) mass is 772 g/mol. The van der Waals surface area contributed by atoms with Gasteiger partial charge in [0.2, 0.25) is 5.91 Å². The van der Waals surface area contributed by atoms with Crippen LogP contribution in [0.15, 0.2) is 36.5 Å². The predicted octanol–water partition coefficient (Wildman–Crippen LogP) is 15.7. The van der Waals surface area contributed by atoms with Crippen LogP contribution >= 0.6 is 0 Å². The average Bonchev–Trinajstić information content (AvgIpc) is 3.19. The number of carbonyl (C=O) groups is 1. The van der Waals surface area contributed by atoms with Gasteiger partial charge in [0.05, 0.1) is 18.8 Å². The molecule has 0 aromatic carbocycles. The van der Waals surface area contributed by atoms with Crippen LogP contribution in [0.4, 0.5) is 0 Å². The molecule has 0 bridgehead atoms. The van der Waals surface area contributed by atoms with Crippen molar-refractivity contribution in [3.8, 4) is 0 Å². The number of nitrogens with one attached hydrogen (secondary N) is 1. The molecule has 55 heavy (non-hydrogen) atoms. The van der Waals surface area contributed by atoms with E-state index >= 15 is 0 Å². The number of unbranched alkanes of at least 4 members (excludes halogenated alkanes) is 34. The summed E-state index contributed by atoms with van der Waals surface area (Å²) in [6.45, 7) is 4.30. The Kier molecular flexibility index (Phi) is 45.8. The molecule has 1 amide bonds. The van der Waals surface area contributed by atoms with E-state index in [1.807, 2.05) is 6.08 Å². The van der Waals surface area contributed by atoms with Gasteiger partial charge in [-0.05, 0) is 57.8 Å². The van der Waals surface area contributed by atoms with Crippen LogP contribution in [0.1, 0.15) is 264 Å². The number of amides is 1. The third-order valence-electron chi connectivity index (χ3n) is 11.3. The fraction of sp³-hybridized carbons (Fsp3) is 0.863. The molecule has 0 aliphatic rings. The van der Waals surface area contributed by atoms with Gasteiger partial charge in [-0.15, -0.1) is 0 Å². The van der Waals surface area contributed by atoms with Crippen LogP contribution in [-0.2, 0) is 4.79 Å². The maximum absolute atomic E-state index is 12.4. The van der Waals surface area contributed by atoms with Crippen molar-refractivity contribution in [3.05, 3.63) is 36.5 Å². The molecule has 4 nitrogen and oxygen atoms in total. The Labute approximate surface area is 344 Å². The largest absolute Gasteiger partial charge is 0.394 e. The number of carbonyl (C=O) groups excluding carboxylic acids is 1. The van der Waals surface area contributed by atoms with Gasteiger partial charge in [-0.1, -0.05) is 237 Å². The molecular formula is C51H97NO3. The number of aliphatic hydroxyl groups is 2. The van der Waals surface area contributed by atoms with Crippen molar-refractivity contribution >= 4 is 5.91 Å². The van der Waals surface area contributed by atoms with Crippen LogP contribution in [0.3, 0.4) is 0 Å². The highest BCUT2D eigenvalue weighted by Gasteiger charge is 2.17. The van der Waals surface area contributed by atoms with E-state index in [0.29, 0.717) is 6.42 Å². The lowest BCUT2D eigenvalue weighted by Gasteiger charge is -2.19. The Balaban J connectivity index is 3.47. The molecule has 0 aliphatic heterocycles. The quantitative estimate of drug-likeness (QED) is 0.0426. The Morgan fingerprint density at radius 2 is 0.709 bits per heavy atom. The SMILES string of the molecule is CCCCCCCCC/C=C/CC/C=C/C(O)C(CO)NC(=O)CCCCCCCCCCCCCCCC/C=C\CCCCCCCCCCCCCC.